The molecule has 1 aliphatic heterocycles. The van der Waals surface area contributed by atoms with Gasteiger partial charge in [0.05, 0.1) is 6.54 Å². The van der Waals surface area contributed by atoms with E-state index in [0.29, 0.717) is 25.7 Å². The summed E-state index contributed by atoms with van der Waals surface area (Å²) in [5.74, 6) is 1.56. The topological polar surface area (TPSA) is 63.7 Å². The molecule has 0 saturated heterocycles. The van der Waals surface area contributed by atoms with Gasteiger partial charge >= 0.3 is 6.03 Å². The van der Waals surface area contributed by atoms with Crippen molar-refractivity contribution >= 4 is 17.4 Å². The molecule has 6 nitrogen and oxygen atoms in total. The third kappa shape index (κ3) is 4.04. The number of benzene rings is 1. The second-order valence-corrected chi connectivity index (χ2v) is 7.28. The van der Waals surface area contributed by atoms with E-state index in [9.17, 15) is 4.79 Å². The van der Waals surface area contributed by atoms with E-state index in [1.165, 1.54) is 0 Å². The molecule has 2 aromatic rings. The van der Waals surface area contributed by atoms with Crippen LogP contribution >= 0.6 is 11.3 Å². The molecule has 1 aliphatic carbocycles. The van der Waals surface area contributed by atoms with E-state index in [1.807, 2.05) is 34.5 Å². The number of hydrogen-bond donors (Lipinski definition) is 1. The third-order valence-corrected chi connectivity index (χ3v) is 5.11. The first-order valence-electron chi connectivity index (χ1n) is 8.61. The van der Waals surface area contributed by atoms with Gasteiger partial charge in [0.1, 0.15) is 17.7 Å². The largest absolute Gasteiger partial charge is 0.486 e. The number of nitrogens with zero attached hydrogens (tertiary/aromatic N) is 2. The number of urea groups is 1. The Kier molecular flexibility index (Phi) is 4.74. The lowest BCUT2D eigenvalue weighted by Crippen LogP contribution is -2.42. The van der Waals surface area contributed by atoms with Gasteiger partial charge < -0.3 is 19.7 Å². The van der Waals surface area contributed by atoms with E-state index in [0.717, 1.165) is 35.8 Å². The van der Waals surface area contributed by atoms with Crippen molar-refractivity contribution < 1.29 is 14.3 Å². The zero-order valence-electron chi connectivity index (χ0n) is 13.9. The number of nitrogens with one attached hydrogen (secondary N) is 1. The van der Waals surface area contributed by atoms with Crippen LogP contribution in [0.25, 0.3) is 0 Å². The van der Waals surface area contributed by atoms with E-state index >= 15 is 0 Å². The number of thiazole rings is 1. The molecule has 0 bridgehead atoms. The van der Waals surface area contributed by atoms with Gasteiger partial charge in [0.25, 0.3) is 0 Å². The molecular formula is C18H21N3O3S. The molecule has 1 saturated carbocycles. The van der Waals surface area contributed by atoms with Gasteiger partial charge in [-0.3, -0.25) is 0 Å². The van der Waals surface area contributed by atoms with E-state index in [1.54, 1.807) is 17.5 Å². The van der Waals surface area contributed by atoms with Crippen molar-refractivity contribution in [2.45, 2.75) is 38.0 Å². The molecule has 0 spiro atoms. The maximum atomic E-state index is 12.5. The number of fused-ring (bicyclic) bond motifs is 1. The summed E-state index contributed by atoms with van der Waals surface area (Å²) in [6.07, 6.45) is 4.62. The molecule has 1 fully saturated rings. The van der Waals surface area contributed by atoms with E-state index < -0.39 is 0 Å². The summed E-state index contributed by atoms with van der Waals surface area (Å²) in [4.78, 5) is 18.7. The molecule has 0 radical (unpaired) electrons. The number of para-hydroxylation sites is 2. The van der Waals surface area contributed by atoms with Gasteiger partial charge in [-0.05, 0) is 25.0 Å². The van der Waals surface area contributed by atoms with E-state index in [2.05, 4.69) is 10.3 Å². The summed E-state index contributed by atoms with van der Waals surface area (Å²) in [5, 5.41) is 5.93. The molecule has 1 N–H and O–H groups in total. The highest BCUT2D eigenvalue weighted by molar-refractivity contribution is 7.09. The van der Waals surface area contributed by atoms with Gasteiger partial charge in [0.2, 0.25) is 0 Å². The highest BCUT2D eigenvalue weighted by Gasteiger charge is 2.33. The SMILES string of the molecule is O=C(NCC[C@@H]1COc2ccccc2O1)N(Cc1nccs1)C1CC1. The molecule has 25 heavy (non-hydrogen) atoms. The minimum atomic E-state index is -0.0384. The van der Waals surface area contributed by atoms with Crippen LogP contribution in [0.1, 0.15) is 24.3 Å². The van der Waals surface area contributed by atoms with Gasteiger partial charge in [-0.2, -0.15) is 0 Å². The molecule has 2 amide bonds. The van der Waals surface area contributed by atoms with Gasteiger partial charge in [-0.15, -0.1) is 11.3 Å². The number of carbonyl (C=O) groups is 1. The molecule has 7 heteroatoms. The van der Waals surface area contributed by atoms with Crippen LogP contribution in [0.3, 0.4) is 0 Å². The van der Waals surface area contributed by atoms with Crippen molar-refractivity contribution in [2.24, 2.45) is 0 Å². The zero-order chi connectivity index (χ0) is 17.1. The first-order chi connectivity index (χ1) is 12.3. The number of ether oxygens (including phenoxy) is 2. The van der Waals surface area contributed by atoms with Gasteiger partial charge in [0, 0.05) is 30.6 Å². The maximum absolute atomic E-state index is 12.5. The smallest absolute Gasteiger partial charge is 0.318 e. The molecular weight excluding hydrogens is 338 g/mol. The molecule has 1 aromatic heterocycles. The van der Waals surface area contributed by atoms with Crippen LogP contribution < -0.4 is 14.8 Å². The molecule has 1 atom stereocenters. The molecule has 4 rings (SSSR count). The van der Waals surface area contributed by atoms with Crippen molar-refractivity contribution in [3.63, 3.8) is 0 Å². The fourth-order valence-electron chi connectivity index (χ4n) is 2.88. The van der Waals surface area contributed by atoms with Crippen molar-refractivity contribution in [1.82, 2.24) is 15.2 Å². The van der Waals surface area contributed by atoms with Crippen LogP contribution in [0.2, 0.25) is 0 Å². The summed E-state index contributed by atoms with van der Waals surface area (Å²) in [5.41, 5.74) is 0. The fraction of sp³-hybridized carbons (Fsp3) is 0.444. The molecule has 132 valence electrons. The standard InChI is InChI=1S/C18H21N3O3S/c22-18(21(13-5-6-13)11-17-19-9-10-25-17)20-8-7-14-12-23-15-3-1-2-4-16(15)24-14/h1-4,9-10,13-14H,5-8,11-12H2,(H,20,22)/t14-/m1/s1. The van der Waals surface area contributed by atoms with Crippen LogP contribution in [-0.4, -0.2) is 41.2 Å². The highest BCUT2D eigenvalue weighted by atomic mass is 32.1. The zero-order valence-corrected chi connectivity index (χ0v) is 14.7. The predicted molar refractivity (Wildman–Crippen MR) is 95.0 cm³/mol. The molecule has 2 aliphatic rings. The quantitative estimate of drug-likeness (QED) is 0.861. The average molecular weight is 359 g/mol. The first-order valence-corrected chi connectivity index (χ1v) is 9.49. The summed E-state index contributed by atoms with van der Waals surface area (Å²) in [6, 6.07) is 8.00. The molecule has 0 unspecified atom stereocenters. The Labute approximate surface area is 150 Å². The maximum Gasteiger partial charge on any atom is 0.318 e. The number of amides is 2. The number of rotatable bonds is 6. The number of hydrogen-bond acceptors (Lipinski definition) is 5. The second kappa shape index (κ2) is 7.31. The van der Waals surface area contributed by atoms with Crippen LogP contribution in [0, 0.1) is 0 Å². The van der Waals surface area contributed by atoms with Gasteiger partial charge in [0.15, 0.2) is 11.5 Å². The van der Waals surface area contributed by atoms with Crippen molar-refractivity contribution in [1.29, 1.82) is 0 Å². The Morgan fingerprint density at radius 2 is 2.16 bits per heavy atom. The van der Waals surface area contributed by atoms with Crippen molar-refractivity contribution in [3.8, 4) is 11.5 Å². The average Bonchev–Trinajstić information content (AvgIpc) is 3.35. The van der Waals surface area contributed by atoms with Crippen LogP contribution in [0.5, 0.6) is 11.5 Å². The Morgan fingerprint density at radius 3 is 2.92 bits per heavy atom. The highest BCUT2D eigenvalue weighted by Crippen LogP contribution is 2.31. The Hall–Kier alpha value is -2.28. The molecule has 1 aromatic carbocycles. The summed E-state index contributed by atoms with van der Waals surface area (Å²) < 4.78 is 11.6. The van der Waals surface area contributed by atoms with E-state index in [-0.39, 0.29) is 12.1 Å². The third-order valence-electron chi connectivity index (χ3n) is 4.35. The Balaban J connectivity index is 1.26. The van der Waals surface area contributed by atoms with Gasteiger partial charge in [-0.25, -0.2) is 9.78 Å². The summed E-state index contributed by atoms with van der Waals surface area (Å²) in [6.45, 7) is 1.67. The van der Waals surface area contributed by atoms with Crippen molar-refractivity contribution in [3.05, 3.63) is 40.8 Å². The number of aromatic nitrogens is 1. The van der Waals surface area contributed by atoms with Crippen LogP contribution in [0.4, 0.5) is 4.79 Å². The lowest BCUT2D eigenvalue weighted by Gasteiger charge is -2.27. The van der Waals surface area contributed by atoms with Crippen LogP contribution in [0.15, 0.2) is 35.8 Å². The Morgan fingerprint density at radius 1 is 1.32 bits per heavy atom. The Bertz CT molecular complexity index is 718. The van der Waals surface area contributed by atoms with E-state index in [4.69, 9.17) is 9.47 Å². The summed E-state index contributed by atoms with van der Waals surface area (Å²) >= 11 is 1.58. The second-order valence-electron chi connectivity index (χ2n) is 6.30. The lowest BCUT2D eigenvalue weighted by molar-refractivity contribution is 0.0848. The first kappa shape index (κ1) is 16.2. The minimum absolute atomic E-state index is 0.0187. The van der Waals surface area contributed by atoms with Crippen molar-refractivity contribution in [2.75, 3.05) is 13.2 Å². The monoisotopic (exact) mass is 359 g/mol. The fourth-order valence-corrected chi connectivity index (χ4v) is 3.49. The minimum Gasteiger partial charge on any atom is -0.486 e. The predicted octanol–water partition coefficient (Wildman–Crippen LogP) is 3.05. The number of carbonyl (C=O) groups excluding carboxylic acids is 1. The van der Waals surface area contributed by atoms with Gasteiger partial charge in [-0.1, -0.05) is 12.1 Å². The lowest BCUT2D eigenvalue weighted by atomic mass is 10.2. The summed E-state index contributed by atoms with van der Waals surface area (Å²) in [7, 11) is 0. The normalized spacial score (nSPS) is 18.6. The molecule has 2 heterocycles. The van der Waals surface area contributed by atoms with Crippen LogP contribution in [-0.2, 0) is 6.54 Å².